The van der Waals surface area contributed by atoms with Crippen LogP contribution < -0.4 is 22.3 Å². The molecule has 0 aliphatic heterocycles. The number of methoxy groups -OCH3 is 1. The van der Waals surface area contributed by atoms with Crippen molar-refractivity contribution in [3.8, 4) is 0 Å². The van der Waals surface area contributed by atoms with Crippen LogP contribution in [-0.4, -0.2) is 49.2 Å². The summed E-state index contributed by atoms with van der Waals surface area (Å²) in [5.74, 6) is 0. The van der Waals surface area contributed by atoms with E-state index in [9.17, 15) is 9.59 Å². The molecule has 3 N–H and O–H groups in total. The highest BCUT2D eigenvalue weighted by atomic mass is 32.1. The van der Waals surface area contributed by atoms with Crippen molar-refractivity contribution in [2.24, 2.45) is 5.73 Å². The molecule has 9 heteroatoms. The minimum Gasteiger partial charge on any atom is -0.383 e. The molecule has 2 heterocycles. The lowest BCUT2D eigenvalue weighted by Gasteiger charge is -2.12. The maximum absolute atomic E-state index is 13.0. The predicted molar refractivity (Wildman–Crippen MR) is 104 cm³/mol. The minimum absolute atomic E-state index is 0.241. The van der Waals surface area contributed by atoms with Crippen LogP contribution in [0.5, 0.6) is 0 Å². The first-order valence-corrected chi connectivity index (χ1v) is 9.61. The molecule has 2 aromatic rings. The molecule has 8 nitrogen and oxygen atoms in total. The molecule has 0 saturated carbocycles. The van der Waals surface area contributed by atoms with Crippen molar-refractivity contribution in [2.45, 2.75) is 33.5 Å². The lowest BCUT2D eigenvalue weighted by atomic mass is 10.2. The van der Waals surface area contributed by atoms with E-state index in [0.29, 0.717) is 56.2 Å². The number of nitrogens with two attached hydrogens (primary N) is 1. The van der Waals surface area contributed by atoms with E-state index in [-0.39, 0.29) is 17.8 Å². The Hall–Kier alpha value is -1.52. The highest BCUT2D eigenvalue weighted by molar-refractivity contribution is 7.18. The summed E-state index contributed by atoms with van der Waals surface area (Å²) in [6.45, 7) is 7.59. The van der Waals surface area contributed by atoms with Gasteiger partial charge in [0.25, 0.3) is 5.56 Å². The number of rotatable bonds is 11. The van der Waals surface area contributed by atoms with Gasteiger partial charge in [-0.05, 0) is 19.4 Å². The van der Waals surface area contributed by atoms with Crippen molar-refractivity contribution in [1.29, 1.82) is 0 Å². The van der Waals surface area contributed by atoms with E-state index in [1.54, 1.807) is 11.7 Å². The van der Waals surface area contributed by atoms with E-state index in [1.807, 2.05) is 13.8 Å². The van der Waals surface area contributed by atoms with Crippen molar-refractivity contribution < 1.29 is 9.47 Å². The first-order chi connectivity index (χ1) is 12.6. The standard InChI is InChI=1S/C17H28N4O4S/c1-4-25-10-8-20-15(22)14-12(2)13(11-19-6-5-18)26-16(14)21(17(20)23)7-9-24-3/h19H,4-11,18H2,1-3H3. The van der Waals surface area contributed by atoms with Crippen LogP contribution in [0.3, 0.4) is 0 Å². The predicted octanol–water partition coefficient (Wildman–Crippen LogP) is 0.264. The molecule has 2 aromatic heterocycles. The molecule has 0 aliphatic carbocycles. The highest BCUT2D eigenvalue weighted by Crippen LogP contribution is 2.27. The van der Waals surface area contributed by atoms with Gasteiger partial charge in [0, 0.05) is 38.2 Å². The fourth-order valence-corrected chi connectivity index (χ4v) is 4.08. The molecule has 26 heavy (non-hydrogen) atoms. The molecule has 0 aromatic carbocycles. The number of aryl methyl sites for hydroxylation is 1. The zero-order valence-electron chi connectivity index (χ0n) is 15.7. The second-order valence-corrected chi connectivity index (χ2v) is 6.96. The van der Waals surface area contributed by atoms with Gasteiger partial charge >= 0.3 is 5.69 Å². The third kappa shape index (κ3) is 4.41. The monoisotopic (exact) mass is 384 g/mol. The average Bonchev–Trinajstić information content (AvgIpc) is 2.95. The number of fused-ring (bicyclic) bond motifs is 1. The number of ether oxygens (including phenoxy) is 2. The average molecular weight is 385 g/mol. The molecule has 0 aliphatic rings. The molecule has 0 atom stereocenters. The third-order valence-electron chi connectivity index (χ3n) is 4.18. The molecule has 0 saturated heterocycles. The molecular formula is C17H28N4O4S. The molecule has 0 radical (unpaired) electrons. The minimum atomic E-state index is -0.318. The van der Waals surface area contributed by atoms with E-state index in [0.717, 1.165) is 10.4 Å². The van der Waals surface area contributed by atoms with E-state index < -0.39 is 0 Å². The van der Waals surface area contributed by atoms with Crippen LogP contribution >= 0.6 is 11.3 Å². The van der Waals surface area contributed by atoms with Gasteiger partial charge in [-0.15, -0.1) is 11.3 Å². The van der Waals surface area contributed by atoms with E-state index in [1.165, 1.54) is 15.9 Å². The Kier molecular flexibility index (Phi) is 7.98. The van der Waals surface area contributed by atoms with Gasteiger partial charge in [0.2, 0.25) is 0 Å². The third-order valence-corrected chi connectivity index (χ3v) is 5.50. The van der Waals surface area contributed by atoms with Crippen molar-refractivity contribution in [3.63, 3.8) is 0 Å². The largest absolute Gasteiger partial charge is 0.383 e. The number of nitrogens with zero attached hydrogens (tertiary/aromatic N) is 2. The van der Waals surface area contributed by atoms with Gasteiger partial charge in [0.15, 0.2) is 0 Å². The number of thiophene rings is 1. The number of nitrogens with one attached hydrogen (secondary N) is 1. The smallest absolute Gasteiger partial charge is 0.332 e. The zero-order chi connectivity index (χ0) is 19.1. The molecule has 0 amide bonds. The maximum Gasteiger partial charge on any atom is 0.332 e. The summed E-state index contributed by atoms with van der Waals surface area (Å²) in [6.07, 6.45) is 0. The Morgan fingerprint density at radius 1 is 1.19 bits per heavy atom. The number of hydrogen-bond acceptors (Lipinski definition) is 7. The Morgan fingerprint density at radius 3 is 2.58 bits per heavy atom. The van der Waals surface area contributed by atoms with Crippen molar-refractivity contribution in [2.75, 3.05) is 40.0 Å². The highest BCUT2D eigenvalue weighted by Gasteiger charge is 2.19. The SMILES string of the molecule is CCOCCn1c(=O)c2c(C)c(CNCCN)sc2n(CCOC)c1=O. The normalized spacial score (nSPS) is 11.5. The zero-order valence-corrected chi connectivity index (χ0v) is 16.5. The molecule has 2 rings (SSSR count). The summed E-state index contributed by atoms with van der Waals surface area (Å²) >= 11 is 1.48. The molecule has 0 bridgehead atoms. The Bertz CT molecular complexity index is 840. The van der Waals surface area contributed by atoms with Crippen molar-refractivity contribution in [1.82, 2.24) is 14.5 Å². The summed E-state index contributed by atoms with van der Waals surface area (Å²) < 4.78 is 13.4. The van der Waals surface area contributed by atoms with Crippen LogP contribution in [0.15, 0.2) is 9.59 Å². The second-order valence-electron chi connectivity index (χ2n) is 5.88. The molecule has 0 unspecified atom stereocenters. The van der Waals surface area contributed by atoms with Crippen LogP contribution in [-0.2, 0) is 29.1 Å². The van der Waals surface area contributed by atoms with Crippen LogP contribution in [0.1, 0.15) is 17.4 Å². The van der Waals surface area contributed by atoms with Crippen LogP contribution in [0.2, 0.25) is 0 Å². The van der Waals surface area contributed by atoms with E-state index >= 15 is 0 Å². The van der Waals surface area contributed by atoms with Gasteiger partial charge in [0.05, 0.1) is 31.7 Å². The summed E-state index contributed by atoms with van der Waals surface area (Å²) in [4.78, 5) is 27.6. The lowest BCUT2D eigenvalue weighted by Crippen LogP contribution is -2.41. The Morgan fingerprint density at radius 2 is 1.92 bits per heavy atom. The van der Waals surface area contributed by atoms with Crippen LogP contribution in [0.4, 0.5) is 0 Å². The molecule has 0 spiro atoms. The van der Waals surface area contributed by atoms with Crippen molar-refractivity contribution >= 4 is 21.6 Å². The fraction of sp³-hybridized carbons (Fsp3) is 0.647. The molecular weight excluding hydrogens is 356 g/mol. The van der Waals surface area contributed by atoms with Crippen LogP contribution in [0.25, 0.3) is 10.2 Å². The topological polar surface area (TPSA) is 101 Å². The maximum atomic E-state index is 13.0. The Balaban J connectivity index is 2.57. The quantitative estimate of drug-likeness (QED) is 0.539. The Labute approximate surface area is 156 Å². The first-order valence-electron chi connectivity index (χ1n) is 8.79. The van der Waals surface area contributed by atoms with E-state index in [2.05, 4.69) is 5.32 Å². The fourth-order valence-electron chi connectivity index (χ4n) is 2.79. The molecule has 0 fully saturated rings. The van der Waals surface area contributed by atoms with Crippen LogP contribution in [0, 0.1) is 6.92 Å². The van der Waals surface area contributed by atoms with Gasteiger partial charge in [-0.3, -0.25) is 13.9 Å². The second kappa shape index (κ2) is 9.98. The summed E-state index contributed by atoms with van der Waals surface area (Å²) in [7, 11) is 1.59. The van der Waals surface area contributed by atoms with Gasteiger partial charge in [-0.25, -0.2) is 4.79 Å². The molecule has 146 valence electrons. The van der Waals surface area contributed by atoms with Gasteiger partial charge in [-0.2, -0.15) is 0 Å². The van der Waals surface area contributed by atoms with Crippen molar-refractivity contribution in [3.05, 3.63) is 31.3 Å². The van der Waals surface area contributed by atoms with Gasteiger partial charge in [0.1, 0.15) is 4.83 Å². The number of aromatic nitrogens is 2. The first kappa shape index (κ1) is 20.8. The lowest BCUT2D eigenvalue weighted by molar-refractivity contribution is 0.136. The van der Waals surface area contributed by atoms with Gasteiger partial charge < -0.3 is 20.5 Å². The number of hydrogen-bond donors (Lipinski definition) is 2. The van der Waals surface area contributed by atoms with E-state index in [4.69, 9.17) is 15.2 Å². The summed E-state index contributed by atoms with van der Waals surface area (Å²) in [6, 6.07) is 0. The van der Waals surface area contributed by atoms with Gasteiger partial charge in [-0.1, -0.05) is 0 Å². The summed E-state index contributed by atoms with van der Waals surface area (Å²) in [5, 5.41) is 3.85. The summed E-state index contributed by atoms with van der Waals surface area (Å²) in [5.41, 5.74) is 5.87.